The van der Waals surface area contributed by atoms with Gasteiger partial charge in [0.2, 0.25) is 5.60 Å². The number of nitrogens with zero attached hydrogens (tertiary/aromatic N) is 2. The molecule has 2 aliphatic heterocycles. The molecule has 2 aliphatic rings. The number of hydrogen-bond donors (Lipinski definition) is 1. The van der Waals surface area contributed by atoms with Crippen LogP contribution in [0, 0.1) is 0 Å². The van der Waals surface area contributed by atoms with Gasteiger partial charge in [0.1, 0.15) is 5.71 Å². The number of rotatable bonds is 2. The fourth-order valence-electron chi connectivity index (χ4n) is 2.63. The summed E-state index contributed by atoms with van der Waals surface area (Å²) in [6.45, 7) is 2.98. The maximum atomic E-state index is 12.6. The molecule has 1 atom stereocenters. The van der Waals surface area contributed by atoms with Crippen LogP contribution in [0.3, 0.4) is 0 Å². The van der Waals surface area contributed by atoms with Crippen molar-refractivity contribution in [2.24, 2.45) is 5.16 Å². The first-order valence-corrected chi connectivity index (χ1v) is 7.73. The van der Waals surface area contributed by atoms with E-state index >= 15 is 0 Å². The Morgan fingerprint density at radius 2 is 2.30 bits per heavy atom. The van der Waals surface area contributed by atoms with Crippen LogP contribution >= 0.6 is 11.3 Å². The van der Waals surface area contributed by atoms with Crippen LogP contribution in [-0.4, -0.2) is 46.4 Å². The number of hydrogen-bond acceptors (Lipinski definition) is 5. The van der Waals surface area contributed by atoms with Crippen LogP contribution in [0.2, 0.25) is 0 Å². The Morgan fingerprint density at radius 1 is 1.55 bits per heavy atom. The molecule has 3 rings (SSSR count). The fraction of sp³-hybridized carbons (Fsp3) is 0.571. The molecule has 108 valence electrons. The molecule has 1 aromatic heterocycles. The van der Waals surface area contributed by atoms with E-state index in [1.807, 2.05) is 17.5 Å². The molecule has 1 aromatic rings. The van der Waals surface area contributed by atoms with Crippen molar-refractivity contribution < 1.29 is 14.7 Å². The number of amides is 1. The highest BCUT2D eigenvalue weighted by Gasteiger charge is 2.45. The average Bonchev–Trinajstić information content (AvgIpc) is 3.08. The SMILES string of the molecule is CC1(C(=O)N2CCC(O)CC2)CC(c2cccs2)=NO1. The number of thiophene rings is 1. The molecular formula is C14H18N2O3S. The van der Waals surface area contributed by atoms with Gasteiger partial charge in [0, 0.05) is 19.5 Å². The van der Waals surface area contributed by atoms with E-state index in [0.717, 1.165) is 10.6 Å². The van der Waals surface area contributed by atoms with Gasteiger partial charge in [0.25, 0.3) is 5.91 Å². The molecule has 0 aromatic carbocycles. The number of likely N-dealkylation sites (tertiary alicyclic amines) is 1. The van der Waals surface area contributed by atoms with Gasteiger partial charge in [-0.15, -0.1) is 11.3 Å². The molecule has 0 aliphatic carbocycles. The second kappa shape index (κ2) is 5.18. The van der Waals surface area contributed by atoms with E-state index in [0.29, 0.717) is 32.4 Å². The lowest BCUT2D eigenvalue weighted by atomic mass is 9.96. The summed E-state index contributed by atoms with van der Waals surface area (Å²) in [4.78, 5) is 20.9. The van der Waals surface area contributed by atoms with Gasteiger partial charge in [-0.2, -0.15) is 0 Å². The summed E-state index contributed by atoms with van der Waals surface area (Å²) in [5.41, 5.74) is -0.0605. The predicted molar refractivity (Wildman–Crippen MR) is 76.8 cm³/mol. The summed E-state index contributed by atoms with van der Waals surface area (Å²) in [6.07, 6.45) is 1.50. The van der Waals surface area contributed by atoms with Crippen molar-refractivity contribution in [3.63, 3.8) is 0 Å². The minimum absolute atomic E-state index is 0.0280. The molecule has 1 fully saturated rings. The van der Waals surface area contributed by atoms with E-state index in [4.69, 9.17) is 4.84 Å². The van der Waals surface area contributed by atoms with E-state index in [-0.39, 0.29) is 12.0 Å². The molecule has 1 N–H and O–H groups in total. The van der Waals surface area contributed by atoms with Gasteiger partial charge in [-0.1, -0.05) is 11.2 Å². The number of piperidine rings is 1. The van der Waals surface area contributed by atoms with Gasteiger partial charge >= 0.3 is 0 Å². The monoisotopic (exact) mass is 294 g/mol. The normalized spacial score (nSPS) is 27.3. The van der Waals surface area contributed by atoms with Crippen LogP contribution in [0.15, 0.2) is 22.7 Å². The quantitative estimate of drug-likeness (QED) is 0.901. The van der Waals surface area contributed by atoms with Gasteiger partial charge in [-0.3, -0.25) is 4.79 Å². The number of aliphatic hydroxyl groups excluding tert-OH is 1. The fourth-order valence-corrected chi connectivity index (χ4v) is 3.34. The summed E-state index contributed by atoms with van der Waals surface area (Å²) < 4.78 is 0. The van der Waals surface area contributed by atoms with Crippen molar-refractivity contribution in [3.8, 4) is 0 Å². The van der Waals surface area contributed by atoms with Gasteiger partial charge in [0.15, 0.2) is 0 Å². The highest BCUT2D eigenvalue weighted by Crippen LogP contribution is 2.30. The van der Waals surface area contributed by atoms with Crippen molar-refractivity contribution in [2.75, 3.05) is 13.1 Å². The van der Waals surface area contributed by atoms with E-state index in [2.05, 4.69) is 5.16 Å². The van der Waals surface area contributed by atoms with E-state index in [1.54, 1.807) is 23.2 Å². The highest BCUT2D eigenvalue weighted by molar-refractivity contribution is 7.12. The van der Waals surface area contributed by atoms with Crippen molar-refractivity contribution >= 4 is 23.0 Å². The molecule has 1 amide bonds. The third-order valence-electron chi connectivity index (χ3n) is 3.87. The molecule has 0 saturated carbocycles. The second-order valence-corrected chi connectivity index (χ2v) is 6.49. The van der Waals surface area contributed by atoms with Crippen LogP contribution in [0.5, 0.6) is 0 Å². The Hall–Kier alpha value is -1.40. The first-order chi connectivity index (χ1) is 9.58. The van der Waals surface area contributed by atoms with E-state index < -0.39 is 5.60 Å². The maximum absolute atomic E-state index is 12.6. The molecule has 0 radical (unpaired) electrons. The first-order valence-electron chi connectivity index (χ1n) is 6.85. The topological polar surface area (TPSA) is 62.1 Å². The van der Waals surface area contributed by atoms with Gasteiger partial charge in [0.05, 0.1) is 11.0 Å². The Labute approximate surface area is 121 Å². The maximum Gasteiger partial charge on any atom is 0.269 e. The van der Waals surface area contributed by atoms with Crippen molar-refractivity contribution in [1.82, 2.24) is 4.90 Å². The molecule has 0 bridgehead atoms. The summed E-state index contributed by atoms with van der Waals surface area (Å²) in [5, 5.41) is 15.6. The number of oxime groups is 1. The largest absolute Gasteiger partial charge is 0.393 e. The summed E-state index contributed by atoms with van der Waals surface area (Å²) >= 11 is 1.60. The minimum Gasteiger partial charge on any atom is -0.393 e. The highest BCUT2D eigenvalue weighted by atomic mass is 32.1. The van der Waals surface area contributed by atoms with Crippen molar-refractivity contribution in [3.05, 3.63) is 22.4 Å². The van der Waals surface area contributed by atoms with E-state index in [1.165, 1.54) is 0 Å². The van der Waals surface area contributed by atoms with Gasteiger partial charge in [-0.05, 0) is 31.2 Å². The standard InChI is InChI=1S/C14H18N2O3S/c1-14(13(18)16-6-4-10(17)5-7-16)9-11(15-19-14)12-3-2-8-20-12/h2-3,8,10,17H,4-7,9H2,1H3. The van der Waals surface area contributed by atoms with Crippen LogP contribution in [0.25, 0.3) is 0 Å². The van der Waals surface area contributed by atoms with Crippen molar-refractivity contribution in [2.45, 2.75) is 37.9 Å². The molecule has 6 heteroatoms. The summed E-state index contributed by atoms with van der Waals surface area (Å²) in [5.74, 6) is -0.0280. The Balaban J connectivity index is 1.67. The Morgan fingerprint density at radius 3 is 2.95 bits per heavy atom. The molecule has 1 saturated heterocycles. The van der Waals surface area contributed by atoms with Gasteiger partial charge in [-0.25, -0.2) is 0 Å². The van der Waals surface area contributed by atoms with Crippen LogP contribution in [0.1, 0.15) is 31.1 Å². The van der Waals surface area contributed by atoms with E-state index in [9.17, 15) is 9.90 Å². The van der Waals surface area contributed by atoms with Crippen LogP contribution in [0.4, 0.5) is 0 Å². The molecule has 1 unspecified atom stereocenters. The molecule has 3 heterocycles. The Bertz CT molecular complexity index is 521. The molecule has 20 heavy (non-hydrogen) atoms. The third kappa shape index (κ3) is 2.45. The number of carbonyl (C=O) groups is 1. The number of aliphatic hydroxyl groups is 1. The smallest absolute Gasteiger partial charge is 0.269 e. The molecular weight excluding hydrogens is 276 g/mol. The molecule has 0 spiro atoms. The molecule has 5 nitrogen and oxygen atoms in total. The average molecular weight is 294 g/mol. The lowest BCUT2D eigenvalue weighted by Gasteiger charge is -2.34. The predicted octanol–water partition coefficient (Wildman–Crippen LogP) is 1.61. The van der Waals surface area contributed by atoms with Crippen LogP contribution < -0.4 is 0 Å². The summed E-state index contributed by atoms with van der Waals surface area (Å²) in [6, 6.07) is 3.95. The van der Waals surface area contributed by atoms with Crippen molar-refractivity contribution in [1.29, 1.82) is 0 Å². The zero-order valence-corrected chi connectivity index (χ0v) is 12.2. The Kier molecular flexibility index (Phi) is 3.52. The minimum atomic E-state index is -0.901. The first kappa shape index (κ1) is 13.6. The zero-order chi connectivity index (χ0) is 14.2. The van der Waals surface area contributed by atoms with Gasteiger partial charge < -0.3 is 14.8 Å². The second-order valence-electron chi connectivity index (χ2n) is 5.54. The lowest BCUT2D eigenvalue weighted by molar-refractivity contribution is -0.155. The zero-order valence-electron chi connectivity index (χ0n) is 11.4. The van der Waals surface area contributed by atoms with Crippen LogP contribution in [-0.2, 0) is 9.63 Å². The lowest BCUT2D eigenvalue weighted by Crippen LogP contribution is -2.50. The third-order valence-corrected chi connectivity index (χ3v) is 4.79. The number of carbonyl (C=O) groups excluding carboxylic acids is 1. The summed E-state index contributed by atoms with van der Waals surface area (Å²) in [7, 11) is 0.